The van der Waals surface area contributed by atoms with E-state index in [-0.39, 0.29) is 11.8 Å². The highest BCUT2D eigenvalue weighted by Gasteiger charge is 2.38. The molecular weight excluding hydrogens is 406 g/mol. The number of rotatable bonds is 6. The van der Waals surface area contributed by atoms with Crippen LogP contribution in [0.5, 0.6) is 5.75 Å². The second-order valence-corrected chi connectivity index (χ2v) is 8.84. The molecule has 2 aromatic rings. The summed E-state index contributed by atoms with van der Waals surface area (Å²) in [4.78, 5) is 17.0. The molecule has 2 aromatic carbocycles. The Morgan fingerprint density at radius 3 is 2.55 bits per heavy atom. The molecule has 0 saturated carbocycles. The molecule has 2 aliphatic rings. The summed E-state index contributed by atoms with van der Waals surface area (Å²) in [6, 6.07) is 18.7. The van der Waals surface area contributed by atoms with E-state index in [9.17, 15) is 10.1 Å². The number of methoxy groups -OCH3 is 1. The first-order valence-corrected chi connectivity index (χ1v) is 11.7. The Hall–Kier alpha value is -2.91. The summed E-state index contributed by atoms with van der Waals surface area (Å²) >= 11 is 1.57. The van der Waals surface area contributed by atoms with E-state index < -0.39 is 0 Å². The zero-order valence-corrected chi connectivity index (χ0v) is 18.8. The molecule has 31 heavy (non-hydrogen) atoms. The summed E-state index contributed by atoms with van der Waals surface area (Å²) in [7, 11) is 1.63. The minimum Gasteiger partial charge on any atom is -0.497 e. The van der Waals surface area contributed by atoms with Gasteiger partial charge in [-0.1, -0.05) is 49.4 Å². The van der Waals surface area contributed by atoms with Crippen molar-refractivity contribution in [2.45, 2.75) is 38.5 Å². The van der Waals surface area contributed by atoms with Crippen LogP contribution in [-0.2, 0) is 11.2 Å². The molecule has 160 valence electrons. The van der Waals surface area contributed by atoms with Crippen LogP contribution in [0, 0.1) is 11.3 Å². The van der Waals surface area contributed by atoms with Crippen molar-refractivity contribution >= 4 is 23.4 Å². The molecule has 1 saturated heterocycles. The topological polar surface area (TPSA) is 56.6 Å². The zero-order chi connectivity index (χ0) is 21.8. The summed E-state index contributed by atoms with van der Waals surface area (Å²) in [6.07, 6.45) is 3.79. The standard InChI is InChI=1S/C25H27N3O2S/c1-3-4-5-18-6-10-20(11-7-18)27-16-28-24(29)14-22(23(15-26)25(28)31-17-27)19-8-12-21(30-2)13-9-19/h6-13,22H,3-5,14,16-17H2,1-2H3. The number of ether oxygens (including phenoxy) is 1. The molecule has 1 fully saturated rings. The number of anilines is 1. The lowest BCUT2D eigenvalue weighted by Gasteiger charge is -2.42. The molecular formula is C25H27N3O2S. The van der Waals surface area contributed by atoms with Crippen LogP contribution in [0.15, 0.2) is 59.1 Å². The Labute approximate surface area is 188 Å². The van der Waals surface area contributed by atoms with Crippen LogP contribution in [0.4, 0.5) is 5.69 Å². The highest BCUT2D eigenvalue weighted by atomic mass is 32.2. The zero-order valence-electron chi connectivity index (χ0n) is 18.0. The maximum Gasteiger partial charge on any atom is 0.229 e. The lowest BCUT2D eigenvalue weighted by molar-refractivity contribution is -0.129. The Morgan fingerprint density at radius 1 is 1.16 bits per heavy atom. The molecule has 0 spiro atoms. The van der Waals surface area contributed by atoms with Gasteiger partial charge in [0.1, 0.15) is 5.75 Å². The van der Waals surface area contributed by atoms with E-state index in [0.717, 1.165) is 28.5 Å². The van der Waals surface area contributed by atoms with Gasteiger partial charge in [0, 0.05) is 18.0 Å². The summed E-state index contributed by atoms with van der Waals surface area (Å²) in [6.45, 7) is 2.69. The Balaban J connectivity index is 1.55. The van der Waals surface area contributed by atoms with Crippen LogP contribution in [0.1, 0.15) is 43.2 Å². The van der Waals surface area contributed by atoms with Gasteiger partial charge in [-0.15, -0.1) is 0 Å². The number of hydrogen-bond acceptors (Lipinski definition) is 5. The van der Waals surface area contributed by atoms with E-state index in [1.165, 1.54) is 18.4 Å². The predicted octanol–water partition coefficient (Wildman–Crippen LogP) is 5.26. The van der Waals surface area contributed by atoms with Crippen molar-refractivity contribution in [2.24, 2.45) is 0 Å². The summed E-state index contributed by atoms with van der Waals surface area (Å²) in [5, 5.41) is 10.7. The largest absolute Gasteiger partial charge is 0.497 e. The first-order chi connectivity index (χ1) is 15.1. The molecule has 1 amide bonds. The van der Waals surface area contributed by atoms with Crippen molar-refractivity contribution in [1.29, 1.82) is 5.26 Å². The molecule has 1 atom stereocenters. The van der Waals surface area contributed by atoms with Gasteiger partial charge >= 0.3 is 0 Å². The maximum absolute atomic E-state index is 13.1. The fourth-order valence-electron chi connectivity index (χ4n) is 4.10. The SMILES string of the molecule is CCCCc1ccc(N2CSC3=C(C#N)C(c4ccc(OC)cc4)CC(=O)N3C2)cc1. The average molecular weight is 434 g/mol. The summed E-state index contributed by atoms with van der Waals surface area (Å²) in [5.41, 5.74) is 4.11. The fourth-order valence-corrected chi connectivity index (χ4v) is 5.27. The average Bonchev–Trinajstić information content (AvgIpc) is 2.83. The number of amides is 1. The third-order valence-electron chi connectivity index (χ3n) is 5.93. The second kappa shape index (κ2) is 9.49. The van der Waals surface area contributed by atoms with Crippen LogP contribution in [0.2, 0.25) is 0 Å². The van der Waals surface area contributed by atoms with Crippen molar-refractivity contribution in [3.63, 3.8) is 0 Å². The Morgan fingerprint density at radius 2 is 1.90 bits per heavy atom. The lowest BCUT2D eigenvalue weighted by atomic mass is 9.86. The summed E-state index contributed by atoms with van der Waals surface area (Å²) in [5.74, 6) is 1.34. The molecule has 0 N–H and O–H groups in total. The lowest BCUT2D eigenvalue weighted by Crippen LogP contribution is -2.47. The van der Waals surface area contributed by atoms with Gasteiger partial charge in [-0.25, -0.2) is 0 Å². The number of benzene rings is 2. The minimum absolute atomic E-state index is 0.0617. The Kier molecular flexibility index (Phi) is 6.53. The van der Waals surface area contributed by atoms with E-state index in [1.54, 1.807) is 23.8 Å². The Bertz CT molecular complexity index is 1010. The van der Waals surface area contributed by atoms with Gasteiger partial charge in [0.15, 0.2) is 0 Å². The van der Waals surface area contributed by atoms with Crippen molar-refractivity contribution in [1.82, 2.24) is 4.90 Å². The molecule has 4 rings (SSSR count). The predicted molar refractivity (Wildman–Crippen MR) is 125 cm³/mol. The number of nitrogens with zero attached hydrogens (tertiary/aromatic N) is 3. The van der Waals surface area contributed by atoms with Gasteiger partial charge in [0.2, 0.25) is 5.91 Å². The quantitative estimate of drug-likeness (QED) is 0.622. The van der Waals surface area contributed by atoms with Gasteiger partial charge in [-0.05, 0) is 48.2 Å². The molecule has 0 bridgehead atoms. The molecule has 0 radical (unpaired) electrons. The van der Waals surface area contributed by atoms with E-state index in [0.29, 0.717) is 24.5 Å². The van der Waals surface area contributed by atoms with E-state index in [1.807, 2.05) is 24.3 Å². The van der Waals surface area contributed by atoms with Crippen LogP contribution in [-0.4, -0.2) is 30.5 Å². The molecule has 2 heterocycles. The van der Waals surface area contributed by atoms with Gasteiger partial charge in [0.25, 0.3) is 0 Å². The highest BCUT2D eigenvalue weighted by Crippen LogP contribution is 2.43. The van der Waals surface area contributed by atoms with E-state index in [4.69, 9.17) is 4.74 Å². The first kappa shape index (κ1) is 21.3. The third-order valence-corrected chi connectivity index (χ3v) is 7.09. The van der Waals surface area contributed by atoms with Crippen LogP contribution in [0.25, 0.3) is 0 Å². The first-order valence-electron chi connectivity index (χ1n) is 10.7. The highest BCUT2D eigenvalue weighted by molar-refractivity contribution is 8.03. The van der Waals surface area contributed by atoms with E-state index >= 15 is 0 Å². The molecule has 5 nitrogen and oxygen atoms in total. The minimum atomic E-state index is -0.202. The van der Waals surface area contributed by atoms with E-state index in [2.05, 4.69) is 42.2 Å². The number of hydrogen-bond donors (Lipinski definition) is 0. The molecule has 2 aliphatic heterocycles. The monoisotopic (exact) mass is 433 g/mol. The number of carbonyl (C=O) groups excluding carboxylic acids is 1. The van der Waals surface area contributed by atoms with Crippen LogP contribution < -0.4 is 9.64 Å². The molecule has 0 aromatic heterocycles. The number of carbonyl (C=O) groups is 1. The molecule has 0 aliphatic carbocycles. The molecule has 6 heteroatoms. The van der Waals surface area contributed by atoms with Crippen LogP contribution >= 0.6 is 11.8 Å². The van der Waals surface area contributed by atoms with Gasteiger partial charge < -0.3 is 9.64 Å². The van der Waals surface area contributed by atoms with Gasteiger partial charge in [-0.2, -0.15) is 5.26 Å². The summed E-state index contributed by atoms with van der Waals surface area (Å²) < 4.78 is 5.24. The number of nitriles is 1. The van der Waals surface area contributed by atoms with Crippen molar-refractivity contribution in [2.75, 3.05) is 24.6 Å². The van der Waals surface area contributed by atoms with Crippen LogP contribution in [0.3, 0.4) is 0 Å². The number of unbranched alkanes of at least 4 members (excludes halogenated alkanes) is 1. The fraction of sp³-hybridized carbons (Fsp3) is 0.360. The normalized spacial score (nSPS) is 18.6. The smallest absolute Gasteiger partial charge is 0.229 e. The van der Waals surface area contributed by atoms with Crippen molar-refractivity contribution in [3.8, 4) is 11.8 Å². The van der Waals surface area contributed by atoms with Gasteiger partial charge in [0.05, 0.1) is 36.3 Å². The second-order valence-electron chi connectivity index (χ2n) is 7.91. The third kappa shape index (κ3) is 4.42. The van der Waals surface area contributed by atoms with Crippen molar-refractivity contribution in [3.05, 3.63) is 70.3 Å². The molecule has 1 unspecified atom stereocenters. The number of allylic oxidation sites excluding steroid dienone is 1. The number of aryl methyl sites for hydroxylation is 1. The maximum atomic E-state index is 13.1. The number of thioether (sulfide) groups is 1. The number of fused-ring (bicyclic) bond motifs is 1. The van der Waals surface area contributed by atoms with Gasteiger partial charge in [-0.3, -0.25) is 9.69 Å². The van der Waals surface area contributed by atoms with Crippen molar-refractivity contribution < 1.29 is 9.53 Å².